The van der Waals surface area contributed by atoms with Crippen LogP contribution >= 0.6 is 0 Å². The molecule has 0 aromatic carbocycles. The maximum absolute atomic E-state index is 12.9. The largest absolute Gasteiger partial charge is 0.471 e. The maximum atomic E-state index is 12.9. The van der Waals surface area contributed by atoms with Crippen LogP contribution in [0.4, 0.5) is 4.39 Å². The highest BCUT2D eigenvalue weighted by molar-refractivity contribution is 5.26. The number of hydrogen-bond donors (Lipinski definition) is 1. The van der Waals surface area contributed by atoms with Crippen molar-refractivity contribution in [3.8, 4) is 5.88 Å². The molecule has 0 aliphatic carbocycles. The zero-order valence-electron chi connectivity index (χ0n) is 9.38. The Morgan fingerprint density at radius 2 is 2.20 bits per heavy atom. The van der Waals surface area contributed by atoms with Gasteiger partial charge in [0, 0.05) is 12.1 Å². The summed E-state index contributed by atoms with van der Waals surface area (Å²) in [7, 11) is 0. The molecule has 4 heteroatoms. The molecule has 0 aliphatic rings. The van der Waals surface area contributed by atoms with Crippen LogP contribution in [-0.2, 0) is 6.54 Å². The number of nitrogens with two attached hydrogens (primary N) is 1. The molecule has 0 aliphatic heterocycles. The van der Waals surface area contributed by atoms with Crippen molar-refractivity contribution < 1.29 is 9.13 Å². The third-order valence-corrected chi connectivity index (χ3v) is 2.34. The average molecular weight is 212 g/mol. The van der Waals surface area contributed by atoms with Crippen molar-refractivity contribution in [3.05, 3.63) is 23.6 Å². The van der Waals surface area contributed by atoms with Crippen LogP contribution in [0, 0.1) is 5.82 Å². The van der Waals surface area contributed by atoms with Gasteiger partial charge in [-0.2, -0.15) is 0 Å². The number of pyridine rings is 1. The molecule has 1 rings (SSSR count). The first kappa shape index (κ1) is 11.9. The summed E-state index contributed by atoms with van der Waals surface area (Å²) in [6.07, 6.45) is 1.98. The van der Waals surface area contributed by atoms with Gasteiger partial charge < -0.3 is 10.5 Å². The van der Waals surface area contributed by atoms with Crippen molar-refractivity contribution in [1.29, 1.82) is 0 Å². The van der Waals surface area contributed by atoms with E-state index in [0.717, 1.165) is 12.6 Å². The molecule has 0 fully saturated rings. The molecule has 0 unspecified atom stereocenters. The van der Waals surface area contributed by atoms with Crippen molar-refractivity contribution in [2.45, 2.75) is 39.3 Å². The number of hydrogen-bond acceptors (Lipinski definition) is 3. The summed E-state index contributed by atoms with van der Waals surface area (Å²) in [6, 6.07) is 1.36. The first-order valence-corrected chi connectivity index (χ1v) is 5.02. The van der Waals surface area contributed by atoms with Gasteiger partial charge in [0.2, 0.25) is 5.88 Å². The molecule has 1 aromatic rings. The van der Waals surface area contributed by atoms with Crippen molar-refractivity contribution >= 4 is 0 Å². The molecule has 0 spiro atoms. The van der Waals surface area contributed by atoms with E-state index in [-0.39, 0.29) is 12.1 Å². The number of ether oxygens (including phenoxy) is 1. The molecule has 0 atom stereocenters. The lowest BCUT2D eigenvalue weighted by Gasteiger charge is -2.25. The monoisotopic (exact) mass is 212 g/mol. The second-order valence-corrected chi connectivity index (χ2v) is 4.04. The van der Waals surface area contributed by atoms with Crippen LogP contribution in [0.3, 0.4) is 0 Å². The molecule has 0 amide bonds. The Morgan fingerprint density at radius 3 is 2.73 bits per heavy atom. The van der Waals surface area contributed by atoms with E-state index in [1.165, 1.54) is 6.07 Å². The van der Waals surface area contributed by atoms with Crippen LogP contribution < -0.4 is 10.5 Å². The fraction of sp³-hybridized carbons (Fsp3) is 0.545. The van der Waals surface area contributed by atoms with Gasteiger partial charge in [0.15, 0.2) is 0 Å². The first-order chi connectivity index (χ1) is 6.98. The van der Waals surface area contributed by atoms with Crippen molar-refractivity contribution in [3.63, 3.8) is 0 Å². The van der Waals surface area contributed by atoms with Gasteiger partial charge in [-0.15, -0.1) is 0 Å². The predicted molar refractivity (Wildman–Crippen MR) is 57.1 cm³/mol. The normalized spacial score (nSPS) is 11.5. The first-order valence-electron chi connectivity index (χ1n) is 5.02. The van der Waals surface area contributed by atoms with Crippen LogP contribution in [-0.4, -0.2) is 10.6 Å². The highest BCUT2D eigenvalue weighted by Crippen LogP contribution is 2.22. The Bertz CT molecular complexity index is 339. The van der Waals surface area contributed by atoms with E-state index < -0.39 is 5.82 Å². The van der Waals surface area contributed by atoms with Crippen molar-refractivity contribution in [1.82, 2.24) is 4.98 Å². The molecule has 84 valence electrons. The summed E-state index contributed by atoms with van der Waals surface area (Å²) in [5, 5.41) is 0. The lowest BCUT2D eigenvalue weighted by atomic mass is 10.1. The molecular weight excluding hydrogens is 195 g/mol. The van der Waals surface area contributed by atoms with E-state index in [4.69, 9.17) is 10.5 Å². The van der Waals surface area contributed by atoms with Crippen LogP contribution in [0.2, 0.25) is 0 Å². The Balaban J connectivity index is 2.94. The third kappa shape index (κ3) is 3.16. The SMILES string of the molecule is CCC(C)(C)Oc1ncc(F)cc1CN. The van der Waals surface area contributed by atoms with Crippen molar-refractivity contribution in [2.75, 3.05) is 0 Å². The number of halogens is 1. The lowest BCUT2D eigenvalue weighted by Crippen LogP contribution is -2.28. The van der Waals surface area contributed by atoms with Gasteiger partial charge in [0.05, 0.1) is 6.20 Å². The molecule has 1 heterocycles. The zero-order valence-corrected chi connectivity index (χ0v) is 9.38. The third-order valence-electron chi connectivity index (χ3n) is 2.34. The minimum atomic E-state index is -0.392. The maximum Gasteiger partial charge on any atom is 0.218 e. The summed E-state index contributed by atoms with van der Waals surface area (Å²) >= 11 is 0. The summed E-state index contributed by atoms with van der Waals surface area (Å²) in [5.41, 5.74) is 5.78. The second-order valence-electron chi connectivity index (χ2n) is 4.04. The summed E-state index contributed by atoms with van der Waals surface area (Å²) in [4.78, 5) is 3.90. The van der Waals surface area contributed by atoms with Crippen molar-refractivity contribution in [2.24, 2.45) is 5.73 Å². The van der Waals surface area contributed by atoms with E-state index in [2.05, 4.69) is 4.98 Å². The summed E-state index contributed by atoms with van der Waals surface area (Å²) < 4.78 is 18.5. The molecule has 0 radical (unpaired) electrons. The Morgan fingerprint density at radius 1 is 1.53 bits per heavy atom. The molecule has 0 bridgehead atoms. The molecule has 1 aromatic heterocycles. The summed E-state index contributed by atoms with van der Waals surface area (Å²) in [6.45, 7) is 6.15. The molecule has 0 saturated carbocycles. The lowest BCUT2D eigenvalue weighted by molar-refractivity contribution is 0.0973. The Kier molecular flexibility index (Phi) is 3.63. The van der Waals surface area contributed by atoms with Gasteiger partial charge in [0.1, 0.15) is 11.4 Å². The molecule has 15 heavy (non-hydrogen) atoms. The molecule has 3 nitrogen and oxygen atoms in total. The zero-order chi connectivity index (χ0) is 11.5. The summed E-state index contributed by atoms with van der Waals surface area (Å²) in [5.74, 6) is 0.0304. The predicted octanol–water partition coefficient (Wildman–Crippen LogP) is 2.25. The minimum Gasteiger partial charge on any atom is -0.471 e. The van der Waals surface area contributed by atoms with Gasteiger partial charge in [0.25, 0.3) is 0 Å². The van der Waals surface area contributed by atoms with E-state index in [0.29, 0.717) is 11.4 Å². The molecule has 0 saturated heterocycles. The van der Waals surface area contributed by atoms with Gasteiger partial charge in [-0.05, 0) is 26.3 Å². The molecule has 2 N–H and O–H groups in total. The van der Waals surface area contributed by atoms with Gasteiger partial charge in [-0.25, -0.2) is 9.37 Å². The second kappa shape index (κ2) is 4.57. The van der Waals surface area contributed by atoms with Crippen LogP contribution in [0.5, 0.6) is 5.88 Å². The quantitative estimate of drug-likeness (QED) is 0.832. The van der Waals surface area contributed by atoms with Gasteiger partial charge in [-0.1, -0.05) is 6.92 Å². The average Bonchev–Trinajstić information content (AvgIpc) is 2.20. The highest BCUT2D eigenvalue weighted by Gasteiger charge is 2.19. The smallest absolute Gasteiger partial charge is 0.218 e. The van der Waals surface area contributed by atoms with Crippen LogP contribution in [0.25, 0.3) is 0 Å². The van der Waals surface area contributed by atoms with E-state index in [9.17, 15) is 4.39 Å². The van der Waals surface area contributed by atoms with Crippen LogP contribution in [0.15, 0.2) is 12.3 Å². The van der Waals surface area contributed by atoms with Gasteiger partial charge >= 0.3 is 0 Å². The van der Waals surface area contributed by atoms with E-state index in [1.54, 1.807) is 0 Å². The highest BCUT2D eigenvalue weighted by atomic mass is 19.1. The van der Waals surface area contributed by atoms with Crippen LogP contribution in [0.1, 0.15) is 32.8 Å². The topological polar surface area (TPSA) is 48.1 Å². The van der Waals surface area contributed by atoms with E-state index in [1.807, 2.05) is 20.8 Å². The minimum absolute atomic E-state index is 0.222. The number of nitrogens with zero attached hydrogens (tertiary/aromatic N) is 1. The fourth-order valence-corrected chi connectivity index (χ4v) is 1.04. The Hall–Kier alpha value is -1.16. The molecular formula is C11H17FN2O. The standard InChI is InChI=1S/C11H17FN2O/c1-4-11(2,3)15-10-8(6-13)5-9(12)7-14-10/h5,7H,4,6,13H2,1-3H3. The van der Waals surface area contributed by atoms with E-state index >= 15 is 0 Å². The van der Waals surface area contributed by atoms with Gasteiger partial charge in [-0.3, -0.25) is 0 Å². The Labute approximate surface area is 89.5 Å². The number of rotatable bonds is 4. The fourth-order valence-electron chi connectivity index (χ4n) is 1.04. The number of aromatic nitrogens is 1.